The Morgan fingerprint density at radius 2 is 1.78 bits per heavy atom. The van der Waals surface area contributed by atoms with Crippen LogP contribution in [0.1, 0.15) is 48.6 Å². The second-order valence-electron chi connectivity index (χ2n) is 9.45. The maximum Gasteiger partial charge on any atom is 0.258 e. The number of nitrogens with zero attached hydrogens (tertiary/aromatic N) is 1. The first-order valence-corrected chi connectivity index (χ1v) is 12.1. The van der Waals surface area contributed by atoms with Crippen LogP contribution in [0.25, 0.3) is 0 Å². The molecule has 0 spiro atoms. The standard InChI is InChI=1S/C29H30F2N2O3/c1-19(2)13-28(35)33-12-11-21-9-10-25(16-26(21)29(33)22-6-4-8-24(31)15-22)36-18-27(34)32-17-20-5-3-7-23(30)14-20/h3-10,14-16,19,29H,11-13,17-18H2,1-2H3,(H,32,34)/t29-/m0/s1. The fourth-order valence-corrected chi connectivity index (χ4v) is 4.50. The minimum absolute atomic E-state index is 0.0213. The van der Waals surface area contributed by atoms with Crippen LogP contribution in [0, 0.1) is 17.6 Å². The fourth-order valence-electron chi connectivity index (χ4n) is 4.50. The van der Waals surface area contributed by atoms with Crippen molar-refractivity contribution in [1.82, 2.24) is 10.2 Å². The highest BCUT2D eigenvalue weighted by molar-refractivity contribution is 5.78. The molecular weight excluding hydrogens is 462 g/mol. The van der Waals surface area contributed by atoms with Gasteiger partial charge in [0.2, 0.25) is 5.91 Å². The van der Waals surface area contributed by atoms with Crippen LogP contribution >= 0.6 is 0 Å². The number of amides is 2. The molecule has 1 aliphatic heterocycles. The van der Waals surface area contributed by atoms with Crippen molar-refractivity contribution in [3.8, 4) is 5.75 Å². The van der Waals surface area contributed by atoms with Gasteiger partial charge < -0.3 is 15.0 Å². The normalized spacial score (nSPS) is 14.9. The SMILES string of the molecule is CC(C)CC(=O)N1CCc2ccc(OCC(=O)NCc3cccc(F)c3)cc2[C@@H]1c1cccc(F)c1. The van der Waals surface area contributed by atoms with Gasteiger partial charge in [0.1, 0.15) is 17.4 Å². The Morgan fingerprint density at radius 1 is 1.03 bits per heavy atom. The molecule has 1 heterocycles. The summed E-state index contributed by atoms with van der Waals surface area (Å²) < 4.78 is 33.2. The van der Waals surface area contributed by atoms with Gasteiger partial charge in [-0.05, 0) is 71.0 Å². The molecule has 5 nitrogen and oxygen atoms in total. The number of halogens is 2. The zero-order chi connectivity index (χ0) is 25.7. The molecule has 188 valence electrons. The van der Waals surface area contributed by atoms with E-state index >= 15 is 0 Å². The molecule has 3 aromatic carbocycles. The third kappa shape index (κ3) is 6.27. The fraction of sp³-hybridized carbons (Fsp3) is 0.310. The van der Waals surface area contributed by atoms with E-state index in [0.29, 0.717) is 36.3 Å². The van der Waals surface area contributed by atoms with Crippen LogP contribution in [-0.2, 0) is 22.6 Å². The second-order valence-corrected chi connectivity index (χ2v) is 9.45. The Morgan fingerprint density at radius 3 is 2.50 bits per heavy atom. The Kier molecular flexibility index (Phi) is 7.98. The molecule has 0 unspecified atom stereocenters. The Balaban J connectivity index is 1.52. The molecule has 1 N–H and O–H groups in total. The Hall–Kier alpha value is -3.74. The molecule has 2 amide bonds. The summed E-state index contributed by atoms with van der Waals surface area (Å²) in [6.45, 7) is 4.52. The van der Waals surface area contributed by atoms with Gasteiger partial charge in [0.15, 0.2) is 6.61 Å². The lowest BCUT2D eigenvalue weighted by molar-refractivity contribution is -0.134. The van der Waals surface area contributed by atoms with Gasteiger partial charge in [-0.3, -0.25) is 9.59 Å². The van der Waals surface area contributed by atoms with Gasteiger partial charge in [-0.25, -0.2) is 8.78 Å². The van der Waals surface area contributed by atoms with Crippen LogP contribution < -0.4 is 10.1 Å². The van der Waals surface area contributed by atoms with E-state index in [-0.39, 0.29) is 42.5 Å². The summed E-state index contributed by atoms with van der Waals surface area (Å²) in [4.78, 5) is 27.2. The largest absolute Gasteiger partial charge is 0.484 e. The number of carbonyl (C=O) groups is 2. The maximum atomic E-state index is 14.1. The van der Waals surface area contributed by atoms with Gasteiger partial charge in [-0.15, -0.1) is 0 Å². The molecule has 0 fully saturated rings. The predicted molar refractivity (Wildman–Crippen MR) is 133 cm³/mol. The molecule has 4 rings (SSSR count). The molecule has 0 saturated carbocycles. The number of ether oxygens (including phenoxy) is 1. The van der Waals surface area contributed by atoms with Gasteiger partial charge in [0, 0.05) is 19.5 Å². The van der Waals surface area contributed by atoms with Crippen molar-refractivity contribution in [1.29, 1.82) is 0 Å². The number of hydrogen-bond donors (Lipinski definition) is 1. The lowest BCUT2D eigenvalue weighted by Gasteiger charge is -2.38. The number of carbonyl (C=O) groups excluding carboxylic acids is 2. The molecule has 0 radical (unpaired) electrons. The lowest BCUT2D eigenvalue weighted by atomic mass is 9.87. The van der Waals surface area contributed by atoms with Crippen molar-refractivity contribution < 1.29 is 23.1 Å². The number of rotatable bonds is 8. The van der Waals surface area contributed by atoms with Crippen molar-refractivity contribution in [2.45, 2.75) is 39.3 Å². The number of hydrogen-bond acceptors (Lipinski definition) is 3. The molecular formula is C29H30F2N2O3. The Bertz CT molecular complexity index is 1240. The summed E-state index contributed by atoms with van der Waals surface area (Å²) >= 11 is 0. The zero-order valence-corrected chi connectivity index (χ0v) is 20.5. The first-order chi connectivity index (χ1) is 17.3. The summed E-state index contributed by atoms with van der Waals surface area (Å²) in [6, 6.07) is 17.5. The highest BCUT2D eigenvalue weighted by atomic mass is 19.1. The lowest BCUT2D eigenvalue weighted by Crippen LogP contribution is -2.41. The van der Waals surface area contributed by atoms with Crippen molar-refractivity contribution in [2.24, 2.45) is 5.92 Å². The van der Waals surface area contributed by atoms with Crippen LogP contribution in [0.4, 0.5) is 8.78 Å². The first-order valence-electron chi connectivity index (χ1n) is 12.1. The van der Waals surface area contributed by atoms with E-state index in [1.165, 1.54) is 24.3 Å². The van der Waals surface area contributed by atoms with Crippen LogP contribution in [0.15, 0.2) is 66.7 Å². The van der Waals surface area contributed by atoms with E-state index in [1.807, 2.05) is 36.9 Å². The maximum absolute atomic E-state index is 14.1. The van der Waals surface area contributed by atoms with Crippen molar-refractivity contribution in [3.05, 3.63) is 101 Å². The monoisotopic (exact) mass is 492 g/mol. The van der Waals surface area contributed by atoms with Crippen molar-refractivity contribution in [3.63, 3.8) is 0 Å². The third-order valence-electron chi connectivity index (χ3n) is 6.16. The molecule has 0 aliphatic carbocycles. The van der Waals surface area contributed by atoms with Crippen molar-refractivity contribution >= 4 is 11.8 Å². The van der Waals surface area contributed by atoms with Gasteiger partial charge >= 0.3 is 0 Å². The minimum Gasteiger partial charge on any atom is -0.484 e. The molecule has 36 heavy (non-hydrogen) atoms. The number of nitrogens with one attached hydrogen (secondary N) is 1. The van der Waals surface area contributed by atoms with Gasteiger partial charge in [0.25, 0.3) is 5.91 Å². The summed E-state index contributed by atoms with van der Waals surface area (Å²) in [5.41, 5.74) is 3.27. The number of fused-ring (bicyclic) bond motifs is 1. The topological polar surface area (TPSA) is 58.6 Å². The Labute approximate surface area is 210 Å². The van der Waals surface area contributed by atoms with Gasteiger partial charge in [0.05, 0.1) is 6.04 Å². The van der Waals surface area contributed by atoms with Crippen LogP contribution in [0.5, 0.6) is 5.75 Å². The smallest absolute Gasteiger partial charge is 0.258 e. The minimum atomic E-state index is -0.443. The number of benzene rings is 3. The summed E-state index contributed by atoms with van der Waals surface area (Å²) in [5, 5.41) is 2.71. The predicted octanol–water partition coefficient (Wildman–Crippen LogP) is 5.18. The van der Waals surface area contributed by atoms with E-state index in [0.717, 1.165) is 11.1 Å². The molecule has 1 atom stereocenters. The van der Waals surface area contributed by atoms with E-state index < -0.39 is 6.04 Å². The average Bonchev–Trinajstić information content (AvgIpc) is 2.85. The molecule has 0 saturated heterocycles. The zero-order valence-electron chi connectivity index (χ0n) is 20.5. The summed E-state index contributed by atoms with van der Waals surface area (Å²) in [7, 11) is 0. The van der Waals surface area contributed by atoms with Crippen LogP contribution in [0.2, 0.25) is 0 Å². The highest BCUT2D eigenvalue weighted by Gasteiger charge is 2.32. The van der Waals surface area contributed by atoms with E-state index in [2.05, 4.69) is 5.32 Å². The molecule has 0 bridgehead atoms. The van der Waals surface area contributed by atoms with E-state index in [4.69, 9.17) is 4.74 Å². The van der Waals surface area contributed by atoms with Crippen LogP contribution in [-0.4, -0.2) is 29.9 Å². The second kappa shape index (κ2) is 11.3. The molecule has 3 aromatic rings. The highest BCUT2D eigenvalue weighted by Crippen LogP contribution is 2.38. The summed E-state index contributed by atoms with van der Waals surface area (Å²) in [5.74, 6) is -0.360. The first kappa shape index (κ1) is 25.4. The quantitative estimate of drug-likeness (QED) is 0.472. The van der Waals surface area contributed by atoms with Crippen molar-refractivity contribution in [2.75, 3.05) is 13.2 Å². The average molecular weight is 493 g/mol. The third-order valence-corrected chi connectivity index (χ3v) is 6.16. The van der Waals surface area contributed by atoms with Gasteiger partial charge in [-0.2, -0.15) is 0 Å². The molecule has 1 aliphatic rings. The van der Waals surface area contributed by atoms with Crippen LogP contribution in [0.3, 0.4) is 0 Å². The molecule has 7 heteroatoms. The summed E-state index contributed by atoms with van der Waals surface area (Å²) in [6.07, 6.45) is 1.09. The van der Waals surface area contributed by atoms with E-state index in [9.17, 15) is 18.4 Å². The van der Waals surface area contributed by atoms with Gasteiger partial charge in [-0.1, -0.05) is 44.2 Å². The molecule has 0 aromatic heterocycles. The van der Waals surface area contributed by atoms with E-state index in [1.54, 1.807) is 24.3 Å².